The first kappa shape index (κ1) is 17.3. The highest BCUT2D eigenvalue weighted by Gasteiger charge is 2.42. The summed E-state index contributed by atoms with van der Waals surface area (Å²) < 4.78 is 38.9. The Bertz CT molecular complexity index is 1010. The third kappa shape index (κ3) is 3.46. The first-order valence-electron chi connectivity index (χ1n) is 7.28. The number of fused-ring (bicyclic) bond motifs is 1. The summed E-state index contributed by atoms with van der Waals surface area (Å²) >= 11 is 0.970. The minimum atomic E-state index is -5.13. The van der Waals surface area contributed by atoms with Crippen molar-refractivity contribution in [1.29, 1.82) is 0 Å². The van der Waals surface area contributed by atoms with Gasteiger partial charge in [0.1, 0.15) is 5.56 Å². The molecule has 0 aliphatic carbocycles. The minimum Gasteiger partial charge on any atom is -0.321 e. The number of nitrogens with one attached hydrogen (secondary N) is 1. The van der Waals surface area contributed by atoms with Crippen molar-refractivity contribution in [2.75, 3.05) is 0 Å². The van der Waals surface area contributed by atoms with Gasteiger partial charge < -0.3 is 4.98 Å². The second kappa shape index (κ2) is 6.40. The predicted octanol–water partition coefficient (Wildman–Crippen LogP) is 4.73. The quantitative estimate of drug-likeness (QED) is 0.684. The fourth-order valence-electron chi connectivity index (χ4n) is 2.39. The number of alkyl halides is 3. The molecule has 0 aliphatic heterocycles. The Hall–Kier alpha value is -2.54. The van der Waals surface area contributed by atoms with Gasteiger partial charge in [-0.25, -0.2) is 0 Å². The van der Waals surface area contributed by atoms with E-state index in [-0.39, 0.29) is 4.90 Å². The number of ketones is 1. The van der Waals surface area contributed by atoms with Crippen molar-refractivity contribution in [1.82, 2.24) is 4.98 Å². The highest BCUT2D eigenvalue weighted by molar-refractivity contribution is 7.99. The van der Waals surface area contributed by atoms with Gasteiger partial charge in [0.2, 0.25) is 0 Å². The van der Waals surface area contributed by atoms with Crippen LogP contribution in [0.5, 0.6) is 0 Å². The summed E-state index contributed by atoms with van der Waals surface area (Å²) in [7, 11) is 0. The van der Waals surface area contributed by atoms with Crippen LogP contribution in [0.25, 0.3) is 10.9 Å². The molecule has 128 valence electrons. The van der Waals surface area contributed by atoms with Crippen LogP contribution in [-0.4, -0.2) is 16.9 Å². The molecule has 0 saturated heterocycles. The number of aromatic nitrogens is 1. The van der Waals surface area contributed by atoms with Crippen LogP contribution in [0.4, 0.5) is 13.2 Å². The van der Waals surface area contributed by atoms with Crippen molar-refractivity contribution in [3.8, 4) is 0 Å². The van der Waals surface area contributed by atoms with Gasteiger partial charge in [0.15, 0.2) is 0 Å². The van der Waals surface area contributed by atoms with Gasteiger partial charge in [0, 0.05) is 20.7 Å². The Morgan fingerprint density at radius 3 is 2.32 bits per heavy atom. The molecule has 0 unspecified atom stereocenters. The summed E-state index contributed by atoms with van der Waals surface area (Å²) in [4.78, 5) is 27.0. The maximum absolute atomic E-state index is 13.0. The number of para-hydroxylation sites is 1. The lowest BCUT2D eigenvalue weighted by atomic mass is 10.1. The van der Waals surface area contributed by atoms with Gasteiger partial charge in [-0.3, -0.25) is 9.59 Å². The Morgan fingerprint density at radius 2 is 1.68 bits per heavy atom. The van der Waals surface area contributed by atoms with Crippen molar-refractivity contribution >= 4 is 28.4 Å². The lowest BCUT2D eigenvalue weighted by Gasteiger charge is -2.13. The number of hydrogen-bond donors (Lipinski definition) is 1. The van der Waals surface area contributed by atoms with Crippen LogP contribution < -0.4 is 5.56 Å². The molecule has 0 bridgehead atoms. The molecule has 0 radical (unpaired) electrons. The molecule has 2 aromatic carbocycles. The summed E-state index contributed by atoms with van der Waals surface area (Å²) in [6, 6.07) is 13.5. The fourth-order valence-corrected chi connectivity index (χ4v) is 3.47. The summed E-state index contributed by atoms with van der Waals surface area (Å²) in [5.74, 6) is -2.14. The number of pyridine rings is 1. The first-order valence-corrected chi connectivity index (χ1v) is 8.10. The van der Waals surface area contributed by atoms with Gasteiger partial charge in [-0.15, -0.1) is 0 Å². The van der Waals surface area contributed by atoms with Gasteiger partial charge in [-0.1, -0.05) is 47.7 Å². The zero-order valence-electron chi connectivity index (χ0n) is 13.0. The number of Topliss-reactive ketones (excluding diaryl/α,β-unsaturated/α-hetero) is 1. The molecule has 0 spiro atoms. The molecule has 0 atom stereocenters. The number of carbonyl (C=O) groups is 1. The average molecular weight is 363 g/mol. The van der Waals surface area contributed by atoms with Crippen LogP contribution >= 0.6 is 11.8 Å². The lowest BCUT2D eigenvalue weighted by molar-refractivity contribution is -0.0888. The number of aromatic amines is 1. The van der Waals surface area contributed by atoms with Gasteiger partial charge in [-0.2, -0.15) is 13.2 Å². The van der Waals surface area contributed by atoms with Crippen LogP contribution in [-0.2, 0) is 0 Å². The van der Waals surface area contributed by atoms with Gasteiger partial charge in [0.05, 0.1) is 0 Å². The van der Waals surface area contributed by atoms with E-state index < -0.39 is 23.1 Å². The van der Waals surface area contributed by atoms with E-state index in [2.05, 4.69) is 4.98 Å². The highest BCUT2D eigenvalue weighted by Crippen LogP contribution is 2.36. The molecular formula is C18H12F3NO2S. The molecule has 1 aromatic heterocycles. The number of hydrogen-bond acceptors (Lipinski definition) is 3. The van der Waals surface area contributed by atoms with Gasteiger partial charge >= 0.3 is 6.18 Å². The van der Waals surface area contributed by atoms with E-state index in [0.717, 1.165) is 17.3 Å². The number of aryl methyl sites for hydroxylation is 1. The molecule has 0 aliphatic rings. The SMILES string of the molecule is Cc1ccc(Sc2c(C(=O)C(F)(F)F)c(=O)[nH]c3ccccc23)cc1. The van der Waals surface area contributed by atoms with E-state index in [1.54, 1.807) is 36.4 Å². The summed E-state index contributed by atoms with van der Waals surface area (Å²) in [5.41, 5.74) is -0.556. The first-order chi connectivity index (χ1) is 11.8. The van der Waals surface area contributed by atoms with Crippen molar-refractivity contribution in [2.45, 2.75) is 22.9 Å². The highest BCUT2D eigenvalue weighted by atomic mass is 32.2. The van der Waals surface area contributed by atoms with E-state index in [1.807, 2.05) is 19.1 Å². The van der Waals surface area contributed by atoms with Crippen molar-refractivity contribution in [2.24, 2.45) is 0 Å². The van der Waals surface area contributed by atoms with Crippen molar-refractivity contribution < 1.29 is 18.0 Å². The van der Waals surface area contributed by atoms with Crippen molar-refractivity contribution in [3.05, 3.63) is 70.0 Å². The Morgan fingerprint density at radius 1 is 1.04 bits per heavy atom. The number of benzene rings is 2. The second-order valence-corrected chi connectivity index (χ2v) is 6.53. The maximum Gasteiger partial charge on any atom is 0.455 e. The topological polar surface area (TPSA) is 49.9 Å². The third-order valence-corrected chi connectivity index (χ3v) is 4.74. The molecule has 1 heterocycles. The fraction of sp³-hybridized carbons (Fsp3) is 0.111. The predicted molar refractivity (Wildman–Crippen MR) is 90.3 cm³/mol. The summed E-state index contributed by atoms with van der Waals surface area (Å²) in [5, 5.41) is 0.389. The smallest absolute Gasteiger partial charge is 0.321 e. The Labute approximate surface area is 144 Å². The van der Waals surface area contributed by atoms with E-state index in [0.29, 0.717) is 15.8 Å². The molecule has 0 fully saturated rings. The van der Waals surface area contributed by atoms with Crippen LogP contribution in [0.15, 0.2) is 63.1 Å². The van der Waals surface area contributed by atoms with Crippen LogP contribution in [0.2, 0.25) is 0 Å². The second-order valence-electron chi connectivity index (χ2n) is 5.45. The molecule has 0 amide bonds. The molecule has 3 aromatic rings. The molecule has 25 heavy (non-hydrogen) atoms. The maximum atomic E-state index is 13.0. The number of rotatable bonds is 3. The molecule has 7 heteroatoms. The zero-order valence-corrected chi connectivity index (χ0v) is 13.8. The zero-order chi connectivity index (χ0) is 18.2. The minimum absolute atomic E-state index is 0.00512. The lowest BCUT2D eigenvalue weighted by Crippen LogP contribution is -2.30. The molecule has 3 nitrogen and oxygen atoms in total. The molecule has 0 saturated carbocycles. The summed E-state index contributed by atoms with van der Waals surface area (Å²) in [6.07, 6.45) is -5.13. The Balaban J connectivity index is 2.27. The van der Waals surface area contributed by atoms with Crippen LogP contribution in [0, 0.1) is 6.92 Å². The number of halogens is 3. The Kier molecular flexibility index (Phi) is 4.43. The largest absolute Gasteiger partial charge is 0.455 e. The molecule has 1 N–H and O–H groups in total. The van der Waals surface area contributed by atoms with Crippen LogP contribution in [0.1, 0.15) is 15.9 Å². The monoisotopic (exact) mass is 363 g/mol. The standard InChI is InChI=1S/C18H12F3NO2S/c1-10-6-8-11(9-7-10)25-15-12-4-2-3-5-13(12)22-17(24)14(15)16(23)18(19,20)21/h2-9H,1H3,(H,22,24). The van der Waals surface area contributed by atoms with E-state index >= 15 is 0 Å². The van der Waals surface area contributed by atoms with Crippen molar-refractivity contribution in [3.63, 3.8) is 0 Å². The average Bonchev–Trinajstić information content (AvgIpc) is 2.55. The van der Waals surface area contributed by atoms with Gasteiger partial charge in [-0.05, 0) is 25.1 Å². The van der Waals surface area contributed by atoms with Crippen LogP contribution in [0.3, 0.4) is 0 Å². The summed E-state index contributed by atoms with van der Waals surface area (Å²) in [6.45, 7) is 1.88. The molecule has 3 rings (SSSR count). The van der Waals surface area contributed by atoms with E-state index in [9.17, 15) is 22.8 Å². The number of carbonyl (C=O) groups excluding carboxylic acids is 1. The van der Waals surface area contributed by atoms with E-state index in [1.165, 1.54) is 0 Å². The third-order valence-electron chi connectivity index (χ3n) is 3.60. The molecular weight excluding hydrogens is 351 g/mol. The van der Waals surface area contributed by atoms with Gasteiger partial charge in [0.25, 0.3) is 11.3 Å². The van der Waals surface area contributed by atoms with E-state index in [4.69, 9.17) is 0 Å². The normalized spacial score (nSPS) is 11.7. The number of H-pyrrole nitrogens is 1.